The topological polar surface area (TPSA) is 143 Å². The Balaban J connectivity index is 1.85. The standard InChI is InChI=1S/C26H31N7O5S/c1-7-18-10-8-11-19(29-18)25-30-31-26(33(25)22-20(36-4)12-9-13-21(22)37-5)32-39(34,35)17(3)23(38-6)24-27-14-16(2)15-28-24/h8-15,17,23H,7H2,1-6H3,(H,31,32). The summed E-state index contributed by atoms with van der Waals surface area (Å²) in [6.45, 7) is 5.34. The number of ether oxygens (including phenoxy) is 3. The molecule has 3 heterocycles. The fraction of sp³-hybridized carbons (Fsp3) is 0.346. The van der Waals surface area contributed by atoms with Gasteiger partial charge in [0.25, 0.3) is 0 Å². The van der Waals surface area contributed by atoms with Crippen molar-refractivity contribution in [2.45, 2.75) is 38.5 Å². The zero-order chi connectivity index (χ0) is 28.2. The minimum atomic E-state index is -4.11. The molecule has 0 aliphatic carbocycles. The van der Waals surface area contributed by atoms with E-state index < -0.39 is 21.4 Å². The number of sulfonamides is 1. The van der Waals surface area contributed by atoms with Gasteiger partial charge in [-0.15, -0.1) is 10.2 Å². The number of methoxy groups -OCH3 is 3. The first-order valence-corrected chi connectivity index (χ1v) is 13.7. The van der Waals surface area contributed by atoms with Crippen molar-refractivity contribution < 1.29 is 22.6 Å². The number of rotatable bonds is 11. The average molecular weight is 554 g/mol. The minimum Gasteiger partial charge on any atom is -0.494 e. The number of hydrogen-bond donors (Lipinski definition) is 1. The molecule has 0 saturated heterocycles. The van der Waals surface area contributed by atoms with Crippen molar-refractivity contribution in [3.8, 4) is 28.7 Å². The first-order valence-electron chi connectivity index (χ1n) is 12.2. The zero-order valence-electron chi connectivity index (χ0n) is 22.6. The monoisotopic (exact) mass is 553 g/mol. The largest absolute Gasteiger partial charge is 0.494 e. The second-order valence-corrected chi connectivity index (χ2v) is 10.7. The maximum atomic E-state index is 13.7. The molecule has 12 nitrogen and oxygen atoms in total. The van der Waals surface area contributed by atoms with Crippen LogP contribution in [0, 0.1) is 6.92 Å². The van der Waals surface area contributed by atoms with Crippen molar-refractivity contribution in [1.29, 1.82) is 0 Å². The molecule has 4 rings (SSSR count). The summed E-state index contributed by atoms with van der Waals surface area (Å²) < 4.78 is 48.2. The van der Waals surface area contributed by atoms with Crippen LogP contribution >= 0.6 is 0 Å². The van der Waals surface area contributed by atoms with Crippen LogP contribution in [0.2, 0.25) is 0 Å². The molecule has 3 aromatic heterocycles. The number of pyridine rings is 1. The average Bonchev–Trinajstić information content (AvgIpc) is 3.35. The van der Waals surface area contributed by atoms with Gasteiger partial charge in [0.15, 0.2) is 11.6 Å². The van der Waals surface area contributed by atoms with E-state index in [-0.39, 0.29) is 11.8 Å². The van der Waals surface area contributed by atoms with Crippen LogP contribution in [0.1, 0.15) is 37.0 Å². The van der Waals surface area contributed by atoms with Gasteiger partial charge in [0.1, 0.15) is 34.2 Å². The molecule has 0 radical (unpaired) electrons. The molecule has 2 unspecified atom stereocenters. The van der Waals surface area contributed by atoms with E-state index in [1.165, 1.54) is 32.8 Å². The maximum Gasteiger partial charge on any atom is 0.243 e. The van der Waals surface area contributed by atoms with E-state index in [2.05, 4.69) is 29.9 Å². The van der Waals surface area contributed by atoms with Gasteiger partial charge in [-0.3, -0.25) is 9.29 Å². The van der Waals surface area contributed by atoms with Crippen LogP contribution in [0.3, 0.4) is 0 Å². The van der Waals surface area contributed by atoms with Crippen LogP contribution in [0.4, 0.5) is 5.95 Å². The van der Waals surface area contributed by atoms with Gasteiger partial charge in [-0.2, -0.15) is 0 Å². The Morgan fingerprint density at radius 3 is 2.21 bits per heavy atom. The SMILES string of the molecule is CCc1cccc(-c2nnc(NS(=O)(=O)C(C)C(OC)c3ncc(C)cn3)n2-c2c(OC)cccc2OC)n1. The fourth-order valence-electron chi connectivity index (χ4n) is 4.02. The van der Waals surface area contributed by atoms with E-state index in [4.69, 9.17) is 14.2 Å². The van der Waals surface area contributed by atoms with E-state index in [0.29, 0.717) is 35.1 Å². The third kappa shape index (κ3) is 5.68. The maximum absolute atomic E-state index is 13.7. The molecule has 4 aromatic rings. The molecule has 39 heavy (non-hydrogen) atoms. The van der Waals surface area contributed by atoms with E-state index in [1.807, 2.05) is 26.0 Å². The first kappa shape index (κ1) is 27.9. The lowest BCUT2D eigenvalue weighted by atomic mass is 10.2. The molecule has 0 spiro atoms. The van der Waals surface area contributed by atoms with Crippen molar-refractivity contribution in [1.82, 2.24) is 29.7 Å². The van der Waals surface area contributed by atoms with Gasteiger partial charge in [-0.05, 0) is 50.1 Å². The summed E-state index contributed by atoms with van der Waals surface area (Å²) in [5.74, 6) is 1.29. The lowest BCUT2D eigenvalue weighted by molar-refractivity contribution is 0.0949. The van der Waals surface area contributed by atoms with Crippen molar-refractivity contribution in [2.75, 3.05) is 26.1 Å². The smallest absolute Gasteiger partial charge is 0.243 e. The number of para-hydroxylation sites is 1. The molecule has 0 fully saturated rings. The van der Waals surface area contributed by atoms with Crippen molar-refractivity contribution in [3.05, 3.63) is 65.9 Å². The lowest BCUT2D eigenvalue weighted by Gasteiger charge is -2.23. The van der Waals surface area contributed by atoms with Crippen LogP contribution in [0.15, 0.2) is 48.8 Å². The third-order valence-corrected chi connectivity index (χ3v) is 7.84. The number of anilines is 1. The molecule has 1 aromatic carbocycles. The third-order valence-electron chi connectivity index (χ3n) is 6.15. The molecular weight excluding hydrogens is 522 g/mol. The highest BCUT2D eigenvalue weighted by molar-refractivity contribution is 7.93. The minimum absolute atomic E-state index is 0.0805. The van der Waals surface area contributed by atoms with Gasteiger partial charge < -0.3 is 14.2 Å². The normalized spacial score (nSPS) is 13.1. The molecule has 0 aliphatic rings. The van der Waals surface area contributed by atoms with Gasteiger partial charge >= 0.3 is 0 Å². The molecule has 2 atom stereocenters. The molecule has 1 N–H and O–H groups in total. The predicted octanol–water partition coefficient (Wildman–Crippen LogP) is 3.53. The van der Waals surface area contributed by atoms with Crippen LogP contribution < -0.4 is 14.2 Å². The molecule has 0 amide bonds. The number of hydrogen-bond acceptors (Lipinski definition) is 10. The van der Waals surface area contributed by atoms with Crippen LogP contribution in [0.5, 0.6) is 11.5 Å². The lowest BCUT2D eigenvalue weighted by Crippen LogP contribution is -2.33. The predicted molar refractivity (Wildman–Crippen MR) is 146 cm³/mol. The number of nitrogens with zero attached hydrogens (tertiary/aromatic N) is 6. The molecule has 0 aliphatic heterocycles. The Morgan fingerprint density at radius 1 is 0.974 bits per heavy atom. The summed E-state index contributed by atoms with van der Waals surface area (Å²) in [4.78, 5) is 13.2. The number of nitrogens with one attached hydrogen (secondary N) is 1. The van der Waals surface area contributed by atoms with E-state index in [1.54, 1.807) is 36.7 Å². The van der Waals surface area contributed by atoms with Crippen molar-refractivity contribution in [3.63, 3.8) is 0 Å². The van der Waals surface area contributed by atoms with E-state index in [0.717, 1.165) is 11.3 Å². The number of benzene rings is 1. The number of aryl methyl sites for hydroxylation is 2. The van der Waals surface area contributed by atoms with Gasteiger partial charge in [0, 0.05) is 25.2 Å². The van der Waals surface area contributed by atoms with Crippen LogP contribution in [-0.2, 0) is 21.2 Å². The van der Waals surface area contributed by atoms with E-state index in [9.17, 15) is 8.42 Å². The summed E-state index contributed by atoms with van der Waals surface area (Å²) in [6.07, 6.45) is 2.98. The second kappa shape index (κ2) is 11.7. The van der Waals surface area contributed by atoms with Crippen molar-refractivity contribution in [2.24, 2.45) is 0 Å². The summed E-state index contributed by atoms with van der Waals surface area (Å²) in [5.41, 5.74) is 2.58. The summed E-state index contributed by atoms with van der Waals surface area (Å²) >= 11 is 0. The second-order valence-electron chi connectivity index (χ2n) is 8.69. The Kier molecular flexibility index (Phi) is 8.41. The molecule has 13 heteroatoms. The van der Waals surface area contributed by atoms with Gasteiger partial charge in [0.2, 0.25) is 16.0 Å². The van der Waals surface area contributed by atoms with E-state index >= 15 is 0 Å². The Morgan fingerprint density at radius 2 is 1.62 bits per heavy atom. The Labute approximate surface area is 227 Å². The quantitative estimate of drug-likeness (QED) is 0.293. The summed E-state index contributed by atoms with van der Waals surface area (Å²) in [5, 5.41) is 7.44. The summed E-state index contributed by atoms with van der Waals surface area (Å²) in [7, 11) is 0.312. The molecule has 0 saturated carbocycles. The highest BCUT2D eigenvalue weighted by Gasteiger charge is 2.35. The first-order chi connectivity index (χ1) is 18.7. The van der Waals surface area contributed by atoms with Crippen LogP contribution in [-0.4, -0.2) is 64.7 Å². The number of aromatic nitrogens is 6. The molecule has 206 valence electrons. The van der Waals surface area contributed by atoms with Crippen LogP contribution in [0.25, 0.3) is 17.2 Å². The molecular formula is C26H31N7O5S. The summed E-state index contributed by atoms with van der Waals surface area (Å²) in [6, 6.07) is 10.8. The molecule has 0 bridgehead atoms. The highest BCUT2D eigenvalue weighted by atomic mass is 32.2. The fourth-order valence-corrected chi connectivity index (χ4v) is 5.15. The van der Waals surface area contributed by atoms with Gasteiger partial charge in [0.05, 0.1) is 14.2 Å². The zero-order valence-corrected chi connectivity index (χ0v) is 23.4. The van der Waals surface area contributed by atoms with Crippen molar-refractivity contribution >= 4 is 16.0 Å². The Hall–Kier alpha value is -4.10. The van der Waals surface area contributed by atoms with Gasteiger partial charge in [-0.25, -0.2) is 23.4 Å². The highest BCUT2D eigenvalue weighted by Crippen LogP contribution is 2.38. The Bertz CT molecular complexity index is 1520. The van der Waals surface area contributed by atoms with Gasteiger partial charge in [-0.1, -0.05) is 19.1 Å².